The smallest absolute Gasteiger partial charge is 0.321 e. The molecule has 1 saturated carbocycles. The van der Waals surface area contributed by atoms with Gasteiger partial charge in [0, 0.05) is 18.6 Å². The predicted octanol–water partition coefficient (Wildman–Crippen LogP) is 0.0469. The molecule has 1 aliphatic heterocycles. The van der Waals surface area contributed by atoms with Crippen molar-refractivity contribution in [3.05, 3.63) is 0 Å². The zero-order valence-electron chi connectivity index (χ0n) is 11.7. The molecule has 1 aliphatic carbocycles. The maximum absolute atomic E-state index is 12.0. The zero-order valence-corrected chi connectivity index (χ0v) is 11.7. The molecule has 3 amide bonds. The topological polar surface area (TPSA) is 73.5 Å². The van der Waals surface area contributed by atoms with Gasteiger partial charge >= 0.3 is 6.03 Å². The fraction of sp³-hybridized carbons (Fsp3) is 0.846. The van der Waals surface area contributed by atoms with Crippen LogP contribution in [0.15, 0.2) is 0 Å². The highest BCUT2D eigenvalue weighted by Crippen LogP contribution is 2.18. The number of piperidine rings is 1. The second kappa shape index (κ2) is 6.34. The lowest BCUT2D eigenvalue weighted by Crippen LogP contribution is -2.54. The average Bonchev–Trinajstić information content (AvgIpc) is 3.21. The molecule has 2 atom stereocenters. The van der Waals surface area contributed by atoms with Crippen LogP contribution >= 0.6 is 0 Å². The Morgan fingerprint density at radius 1 is 1.21 bits per heavy atom. The standard InChI is InChI=1S/C13H24N4O2/c1-9(17-7-3-4-11(8-17)14-2)12(18)16-13(19)15-10-5-6-10/h9-11,14H,3-8H2,1-2H3,(H2,15,16,18,19). The minimum absolute atomic E-state index is 0.213. The highest BCUT2D eigenvalue weighted by atomic mass is 16.2. The summed E-state index contributed by atoms with van der Waals surface area (Å²) in [7, 11) is 1.95. The van der Waals surface area contributed by atoms with Crippen molar-refractivity contribution in [3.63, 3.8) is 0 Å². The van der Waals surface area contributed by atoms with Crippen molar-refractivity contribution in [1.82, 2.24) is 20.9 Å². The van der Waals surface area contributed by atoms with Crippen molar-refractivity contribution >= 4 is 11.9 Å². The van der Waals surface area contributed by atoms with Gasteiger partial charge < -0.3 is 10.6 Å². The van der Waals surface area contributed by atoms with Crippen LogP contribution in [-0.4, -0.2) is 55.1 Å². The Labute approximate surface area is 114 Å². The van der Waals surface area contributed by atoms with Gasteiger partial charge in [-0.3, -0.25) is 15.0 Å². The quantitative estimate of drug-likeness (QED) is 0.673. The average molecular weight is 268 g/mol. The van der Waals surface area contributed by atoms with Crippen LogP contribution in [-0.2, 0) is 4.79 Å². The summed E-state index contributed by atoms with van der Waals surface area (Å²) in [4.78, 5) is 25.7. The summed E-state index contributed by atoms with van der Waals surface area (Å²) in [5, 5.41) is 8.44. The number of imide groups is 1. The predicted molar refractivity (Wildman–Crippen MR) is 72.8 cm³/mol. The van der Waals surface area contributed by atoms with Gasteiger partial charge in [-0.15, -0.1) is 0 Å². The molecule has 6 nitrogen and oxygen atoms in total. The second-order valence-electron chi connectivity index (χ2n) is 5.54. The van der Waals surface area contributed by atoms with E-state index < -0.39 is 0 Å². The fourth-order valence-corrected chi connectivity index (χ4v) is 2.43. The molecular weight excluding hydrogens is 244 g/mol. The first-order valence-corrected chi connectivity index (χ1v) is 7.13. The molecule has 0 spiro atoms. The van der Waals surface area contributed by atoms with E-state index >= 15 is 0 Å². The maximum atomic E-state index is 12.0. The summed E-state index contributed by atoms with van der Waals surface area (Å²) in [6.45, 7) is 3.63. The molecule has 0 bridgehead atoms. The first kappa shape index (κ1) is 14.3. The van der Waals surface area contributed by atoms with E-state index in [1.165, 1.54) is 0 Å². The van der Waals surface area contributed by atoms with Crippen LogP contribution in [0.5, 0.6) is 0 Å². The molecule has 2 unspecified atom stereocenters. The van der Waals surface area contributed by atoms with Crippen LogP contribution < -0.4 is 16.0 Å². The second-order valence-corrected chi connectivity index (χ2v) is 5.54. The number of likely N-dealkylation sites (N-methyl/N-ethyl adjacent to an activating group) is 1. The van der Waals surface area contributed by atoms with Crippen LogP contribution in [0, 0.1) is 0 Å². The van der Waals surface area contributed by atoms with Crippen LogP contribution in [0.2, 0.25) is 0 Å². The Balaban J connectivity index is 1.78. The van der Waals surface area contributed by atoms with Crippen molar-refractivity contribution in [2.45, 2.75) is 50.7 Å². The van der Waals surface area contributed by atoms with E-state index in [0.29, 0.717) is 6.04 Å². The van der Waals surface area contributed by atoms with Crippen LogP contribution in [0.1, 0.15) is 32.6 Å². The number of rotatable bonds is 4. The zero-order chi connectivity index (χ0) is 13.8. The Morgan fingerprint density at radius 3 is 2.58 bits per heavy atom. The molecule has 2 fully saturated rings. The van der Waals surface area contributed by atoms with Crippen molar-refractivity contribution in [2.24, 2.45) is 0 Å². The molecule has 1 heterocycles. The number of carbonyl (C=O) groups excluding carboxylic acids is 2. The van der Waals surface area contributed by atoms with E-state index in [9.17, 15) is 9.59 Å². The highest BCUT2D eigenvalue weighted by Gasteiger charge is 2.29. The lowest BCUT2D eigenvalue weighted by Gasteiger charge is -2.35. The Kier molecular flexibility index (Phi) is 4.76. The first-order chi connectivity index (χ1) is 9.10. The lowest BCUT2D eigenvalue weighted by molar-refractivity contribution is -0.125. The van der Waals surface area contributed by atoms with Gasteiger partial charge in [0.2, 0.25) is 5.91 Å². The number of hydrogen-bond donors (Lipinski definition) is 3. The molecule has 0 aromatic heterocycles. The van der Waals surface area contributed by atoms with Crippen molar-refractivity contribution in [1.29, 1.82) is 0 Å². The van der Waals surface area contributed by atoms with Gasteiger partial charge in [-0.05, 0) is 46.2 Å². The number of hydrogen-bond acceptors (Lipinski definition) is 4. The molecule has 1 saturated heterocycles. The van der Waals surface area contributed by atoms with Gasteiger partial charge in [0.1, 0.15) is 0 Å². The number of carbonyl (C=O) groups is 2. The molecule has 2 rings (SSSR count). The third kappa shape index (κ3) is 4.18. The van der Waals surface area contributed by atoms with Gasteiger partial charge in [-0.25, -0.2) is 4.79 Å². The molecule has 3 N–H and O–H groups in total. The number of likely N-dealkylation sites (tertiary alicyclic amines) is 1. The summed E-state index contributed by atoms with van der Waals surface area (Å²) in [5.74, 6) is -0.213. The monoisotopic (exact) mass is 268 g/mol. The first-order valence-electron chi connectivity index (χ1n) is 7.13. The Morgan fingerprint density at radius 2 is 1.95 bits per heavy atom. The van der Waals surface area contributed by atoms with Gasteiger partial charge in [0.05, 0.1) is 6.04 Å². The molecule has 108 valence electrons. The van der Waals surface area contributed by atoms with Gasteiger partial charge in [-0.1, -0.05) is 0 Å². The number of urea groups is 1. The summed E-state index contributed by atoms with van der Waals surface area (Å²) >= 11 is 0. The minimum atomic E-state index is -0.360. The SMILES string of the molecule is CNC1CCCN(C(C)C(=O)NC(=O)NC2CC2)C1. The minimum Gasteiger partial charge on any atom is -0.335 e. The number of nitrogens with zero attached hydrogens (tertiary/aromatic N) is 1. The van der Waals surface area contributed by atoms with Crippen molar-refractivity contribution in [2.75, 3.05) is 20.1 Å². The van der Waals surface area contributed by atoms with E-state index in [-0.39, 0.29) is 24.0 Å². The molecule has 0 aromatic carbocycles. The molecule has 19 heavy (non-hydrogen) atoms. The van der Waals surface area contributed by atoms with Crippen LogP contribution in [0.25, 0.3) is 0 Å². The van der Waals surface area contributed by atoms with Crippen LogP contribution in [0.3, 0.4) is 0 Å². The van der Waals surface area contributed by atoms with E-state index in [0.717, 1.165) is 38.8 Å². The summed E-state index contributed by atoms with van der Waals surface area (Å²) in [6.07, 6.45) is 4.27. The maximum Gasteiger partial charge on any atom is 0.321 e. The molecular formula is C13H24N4O2. The largest absolute Gasteiger partial charge is 0.335 e. The Bertz CT molecular complexity index is 344. The third-order valence-corrected chi connectivity index (χ3v) is 3.94. The number of nitrogens with one attached hydrogen (secondary N) is 3. The van der Waals surface area contributed by atoms with E-state index in [2.05, 4.69) is 20.9 Å². The van der Waals surface area contributed by atoms with Crippen molar-refractivity contribution in [3.8, 4) is 0 Å². The highest BCUT2D eigenvalue weighted by molar-refractivity contribution is 5.97. The number of amides is 3. The van der Waals surface area contributed by atoms with Crippen molar-refractivity contribution < 1.29 is 9.59 Å². The van der Waals surface area contributed by atoms with E-state index in [1.54, 1.807) is 0 Å². The molecule has 0 aromatic rings. The van der Waals surface area contributed by atoms with Crippen LogP contribution in [0.4, 0.5) is 4.79 Å². The van der Waals surface area contributed by atoms with Gasteiger partial charge in [0.15, 0.2) is 0 Å². The molecule has 2 aliphatic rings. The lowest BCUT2D eigenvalue weighted by atomic mass is 10.0. The summed E-state index contributed by atoms with van der Waals surface area (Å²) in [6, 6.07) is 0.0821. The molecule has 6 heteroatoms. The summed E-state index contributed by atoms with van der Waals surface area (Å²) < 4.78 is 0. The van der Waals surface area contributed by atoms with Gasteiger partial charge in [0.25, 0.3) is 0 Å². The van der Waals surface area contributed by atoms with Gasteiger partial charge in [-0.2, -0.15) is 0 Å². The summed E-state index contributed by atoms with van der Waals surface area (Å²) in [5.41, 5.74) is 0. The van der Waals surface area contributed by atoms with E-state index in [1.807, 2.05) is 14.0 Å². The Hall–Kier alpha value is -1.14. The molecule has 0 radical (unpaired) electrons. The fourth-order valence-electron chi connectivity index (χ4n) is 2.43. The normalized spacial score (nSPS) is 25.7. The third-order valence-electron chi connectivity index (χ3n) is 3.94. The van der Waals surface area contributed by atoms with E-state index in [4.69, 9.17) is 0 Å².